The topological polar surface area (TPSA) is 13.0 Å². The van der Waals surface area contributed by atoms with Gasteiger partial charge in [-0.3, -0.25) is 0 Å². The van der Waals surface area contributed by atoms with Gasteiger partial charge in [0.05, 0.1) is 13.3 Å². The lowest BCUT2D eigenvalue weighted by molar-refractivity contribution is 0.493. The van der Waals surface area contributed by atoms with Crippen molar-refractivity contribution in [2.75, 3.05) is 37.2 Å². The maximum absolute atomic E-state index is 2.33. The van der Waals surface area contributed by atoms with E-state index in [1.807, 2.05) is 0 Å². The quantitative estimate of drug-likeness (QED) is 0.842. The normalized spacial score (nSPS) is 17.5. The maximum Gasteiger partial charge on any atom is 0.0939 e. The van der Waals surface area contributed by atoms with Gasteiger partial charge in [0.2, 0.25) is 0 Å². The van der Waals surface area contributed by atoms with E-state index < -0.39 is 0 Å². The van der Waals surface area contributed by atoms with Crippen LogP contribution >= 0.6 is 0 Å². The number of hydrogen-bond acceptors (Lipinski definition) is 4. The minimum Gasteiger partial charge on any atom is -0.361 e. The molecule has 112 valence electrons. The highest BCUT2D eigenvalue weighted by Crippen LogP contribution is 2.34. The fourth-order valence-electron chi connectivity index (χ4n) is 2.98. The Bertz CT molecular complexity index is 520. The van der Waals surface area contributed by atoms with E-state index in [4.69, 9.17) is 0 Å². The van der Waals surface area contributed by atoms with Crippen molar-refractivity contribution in [3.05, 3.63) is 48.6 Å². The Morgan fingerprint density at radius 2 is 1.38 bits per heavy atom. The summed E-state index contributed by atoms with van der Waals surface area (Å²) in [7, 11) is 4.22. The van der Waals surface area contributed by atoms with E-state index in [2.05, 4.69) is 83.6 Å². The predicted octanol–water partition coefficient (Wildman–Crippen LogP) is 3.00. The Balaban J connectivity index is 1.97. The smallest absolute Gasteiger partial charge is 0.0939 e. The van der Waals surface area contributed by atoms with Crippen molar-refractivity contribution in [1.82, 2.24) is 9.80 Å². The molecule has 0 unspecified atom stereocenters. The monoisotopic (exact) mass is 284 g/mol. The van der Waals surface area contributed by atoms with E-state index in [-0.39, 0.29) is 0 Å². The second-order valence-electron chi connectivity index (χ2n) is 5.86. The van der Waals surface area contributed by atoms with Gasteiger partial charge < -0.3 is 19.6 Å². The van der Waals surface area contributed by atoms with Crippen molar-refractivity contribution in [3.8, 4) is 0 Å². The van der Waals surface area contributed by atoms with Crippen molar-refractivity contribution < 1.29 is 0 Å². The van der Waals surface area contributed by atoms with Gasteiger partial charge in [0.15, 0.2) is 0 Å². The van der Waals surface area contributed by atoms with Gasteiger partial charge in [-0.05, 0) is 24.1 Å². The first-order chi connectivity index (χ1) is 10.2. The maximum atomic E-state index is 2.33. The van der Waals surface area contributed by atoms with Gasteiger partial charge in [0.25, 0.3) is 0 Å². The van der Waals surface area contributed by atoms with Crippen LogP contribution in [-0.4, -0.2) is 37.2 Å². The number of anilines is 2. The number of nitrogens with zero attached hydrogens (tertiary/aromatic N) is 4. The average molecular weight is 284 g/mol. The minimum atomic E-state index is 0.926. The SMILES string of the molecule is CCCc1c(N2C=CN(C)C2)cccc1N1C=CN(C)C1. The zero-order chi connectivity index (χ0) is 14.8. The van der Waals surface area contributed by atoms with Crippen molar-refractivity contribution in [2.45, 2.75) is 19.8 Å². The fraction of sp³-hybridized carbons (Fsp3) is 0.412. The van der Waals surface area contributed by atoms with Crippen LogP contribution in [0.2, 0.25) is 0 Å². The van der Waals surface area contributed by atoms with Crippen molar-refractivity contribution in [1.29, 1.82) is 0 Å². The van der Waals surface area contributed by atoms with E-state index in [0.717, 1.165) is 26.2 Å². The molecule has 0 radical (unpaired) electrons. The lowest BCUT2D eigenvalue weighted by Crippen LogP contribution is -2.25. The van der Waals surface area contributed by atoms with Crippen LogP contribution in [0.25, 0.3) is 0 Å². The molecule has 2 aliphatic rings. The van der Waals surface area contributed by atoms with Gasteiger partial charge in [-0.25, -0.2) is 0 Å². The van der Waals surface area contributed by atoms with Gasteiger partial charge in [-0.1, -0.05) is 19.4 Å². The Morgan fingerprint density at radius 3 is 1.76 bits per heavy atom. The Hall–Kier alpha value is -2.10. The summed E-state index contributed by atoms with van der Waals surface area (Å²) in [6.45, 7) is 4.10. The Kier molecular flexibility index (Phi) is 3.78. The van der Waals surface area contributed by atoms with Crippen molar-refractivity contribution >= 4 is 11.4 Å². The van der Waals surface area contributed by atoms with Crippen molar-refractivity contribution in [2.24, 2.45) is 0 Å². The van der Waals surface area contributed by atoms with Crippen LogP contribution in [-0.2, 0) is 6.42 Å². The van der Waals surface area contributed by atoms with Crippen LogP contribution in [0, 0.1) is 0 Å². The summed E-state index contributed by atoms with van der Waals surface area (Å²) in [4.78, 5) is 9.06. The molecule has 0 aromatic heterocycles. The largest absolute Gasteiger partial charge is 0.361 e. The molecule has 21 heavy (non-hydrogen) atoms. The summed E-state index contributed by atoms with van der Waals surface area (Å²) in [6.07, 6.45) is 10.9. The molecule has 0 bridgehead atoms. The minimum absolute atomic E-state index is 0.926. The van der Waals surface area contributed by atoms with Crippen LogP contribution in [0.4, 0.5) is 11.4 Å². The highest BCUT2D eigenvalue weighted by molar-refractivity contribution is 5.70. The summed E-state index contributed by atoms with van der Waals surface area (Å²) in [5.74, 6) is 0. The predicted molar refractivity (Wildman–Crippen MR) is 88.9 cm³/mol. The van der Waals surface area contributed by atoms with Crippen LogP contribution in [0.3, 0.4) is 0 Å². The summed E-state index contributed by atoms with van der Waals surface area (Å²) in [5, 5.41) is 0. The van der Waals surface area contributed by atoms with Gasteiger partial charge in [0.1, 0.15) is 0 Å². The summed E-state index contributed by atoms with van der Waals surface area (Å²) in [5.41, 5.74) is 4.11. The average Bonchev–Trinajstić information content (AvgIpc) is 3.08. The van der Waals surface area contributed by atoms with Gasteiger partial charge in [-0.15, -0.1) is 0 Å². The highest BCUT2D eigenvalue weighted by atomic mass is 15.3. The molecule has 0 saturated carbocycles. The highest BCUT2D eigenvalue weighted by Gasteiger charge is 2.20. The second-order valence-corrected chi connectivity index (χ2v) is 5.86. The van der Waals surface area contributed by atoms with E-state index in [0.29, 0.717) is 0 Å². The van der Waals surface area contributed by atoms with E-state index in [1.165, 1.54) is 16.9 Å². The molecule has 2 aliphatic heterocycles. The van der Waals surface area contributed by atoms with Crippen LogP contribution in [0.1, 0.15) is 18.9 Å². The molecule has 0 amide bonds. The van der Waals surface area contributed by atoms with Crippen LogP contribution in [0.5, 0.6) is 0 Å². The molecule has 3 rings (SSSR count). The van der Waals surface area contributed by atoms with E-state index in [1.54, 1.807) is 0 Å². The molecule has 0 aliphatic carbocycles. The molecular formula is C17H24N4. The molecule has 4 nitrogen and oxygen atoms in total. The molecular weight excluding hydrogens is 260 g/mol. The summed E-state index contributed by atoms with van der Waals surface area (Å²) >= 11 is 0. The number of benzene rings is 1. The molecule has 1 aromatic carbocycles. The number of hydrogen-bond donors (Lipinski definition) is 0. The van der Waals surface area contributed by atoms with E-state index >= 15 is 0 Å². The molecule has 0 spiro atoms. The van der Waals surface area contributed by atoms with Crippen LogP contribution < -0.4 is 9.80 Å². The zero-order valence-corrected chi connectivity index (χ0v) is 13.2. The Morgan fingerprint density at radius 1 is 0.857 bits per heavy atom. The molecule has 4 heteroatoms. The van der Waals surface area contributed by atoms with E-state index in [9.17, 15) is 0 Å². The molecule has 1 aromatic rings. The summed E-state index contributed by atoms with van der Waals surface area (Å²) < 4.78 is 0. The van der Waals surface area contributed by atoms with Gasteiger partial charge in [0, 0.05) is 50.3 Å². The standard InChI is InChI=1S/C17H24N4/c1-4-6-15-16(20-11-9-18(2)13-20)7-5-8-17(15)21-12-10-19(3)14-21/h5,7-12H,4,6,13-14H2,1-3H3. The first-order valence-electron chi connectivity index (χ1n) is 7.61. The third kappa shape index (κ3) is 2.71. The first kappa shape index (κ1) is 13.9. The molecule has 0 saturated heterocycles. The molecule has 0 fully saturated rings. The zero-order valence-electron chi connectivity index (χ0n) is 13.2. The first-order valence-corrected chi connectivity index (χ1v) is 7.61. The fourth-order valence-corrected chi connectivity index (χ4v) is 2.98. The Labute approximate surface area is 127 Å². The second kappa shape index (κ2) is 5.72. The lowest BCUT2D eigenvalue weighted by Gasteiger charge is -2.27. The van der Waals surface area contributed by atoms with Gasteiger partial charge >= 0.3 is 0 Å². The molecule has 0 N–H and O–H groups in total. The van der Waals surface area contributed by atoms with Gasteiger partial charge in [-0.2, -0.15) is 0 Å². The van der Waals surface area contributed by atoms with Crippen LogP contribution in [0.15, 0.2) is 43.0 Å². The molecule has 0 atom stereocenters. The van der Waals surface area contributed by atoms with Crippen molar-refractivity contribution in [3.63, 3.8) is 0 Å². The number of rotatable bonds is 4. The lowest BCUT2D eigenvalue weighted by atomic mass is 10.0. The third-order valence-corrected chi connectivity index (χ3v) is 4.00. The third-order valence-electron chi connectivity index (χ3n) is 4.00. The molecule has 2 heterocycles. The summed E-state index contributed by atoms with van der Waals surface area (Å²) in [6, 6.07) is 6.64.